The first-order valence-corrected chi connectivity index (χ1v) is 3.97. The zero-order valence-corrected chi connectivity index (χ0v) is 7.17. The van der Waals surface area contributed by atoms with Crippen LogP contribution in [0.1, 0.15) is 33.6 Å². The van der Waals surface area contributed by atoms with Crippen molar-refractivity contribution in [3.63, 3.8) is 0 Å². The molecule has 3 atom stereocenters. The molecule has 0 heterocycles. The van der Waals surface area contributed by atoms with Crippen molar-refractivity contribution in [3.8, 4) is 0 Å². The van der Waals surface area contributed by atoms with Crippen LogP contribution in [0.5, 0.6) is 0 Å². The smallest absolute Gasteiger partial charge is 0.0537 e. The quantitative estimate of drug-likeness (QED) is 0.623. The molecule has 62 valence electrons. The topological polar surface area (TPSA) is 46.2 Å². The van der Waals surface area contributed by atoms with E-state index in [4.69, 9.17) is 10.8 Å². The van der Waals surface area contributed by atoms with Crippen molar-refractivity contribution in [2.45, 2.75) is 45.8 Å². The van der Waals surface area contributed by atoms with Crippen LogP contribution in [-0.4, -0.2) is 17.3 Å². The lowest BCUT2D eigenvalue weighted by atomic mass is 9.98. The Morgan fingerprint density at radius 1 is 1.20 bits per heavy atom. The summed E-state index contributed by atoms with van der Waals surface area (Å²) in [7, 11) is 0. The van der Waals surface area contributed by atoms with E-state index in [1.54, 1.807) is 0 Å². The first-order chi connectivity index (χ1) is 4.54. The standard InChI is InChI=1S/C8H19NO/c1-6(8(3)10)4-5-7(2)9/h6-8,10H,4-5,9H2,1-3H3. The molecule has 0 aromatic heterocycles. The fourth-order valence-electron chi connectivity index (χ4n) is 0.767. The van der Waals surface area contributed by atoms with Gasteiger partial charge >= 0.3 is 0 Å². The molecule has 0 aliphatic rings. The largest absolute Gasteiger partial charge is 0.393 e. The Hall–Kier alpha value is -0.0800. The van der Waals surface area contributed by atoms with Crippen LogP contribution in [0.25, 0.3) is 0 Å². The third-order valence-corrected chi connectivity index (χ3v) is 1.90. The van der Waals surface area contributed by atoms with Gasteiger partial charge < -0.3 is 10.8 Å². The lowest BCUT2D eigenvalue weighted by Gasteiger charge is -2.15. The van der Waals surface area contributed by atoms with Crippen LogP contribution in [0.2, 0.25) is 0 Å². The van der Waals surface area contributed by atoms with Crippen molar-refractivity contribution in [3.05, 3.63) is 0 Å². The maximum Gasteiger partial charge on any atom is 0.0537 e. The molecule has 10 heavy (non-hydrogen) atoms. The molecule has 2 nitrogen and oxygen atoms in total. The van der Waals surface area contributed by atoms with Crippen molar-refractivity contribution in [1.29, 1.82) is 0 Å². The fraction of sp³-hybridized carbons (Fsp3) is 1.00. The lowest BCUT2D eigenvalue weighted by Crippen LogP contribution is -2.19. The average Bonchev–Trinajstić information content (AvgIpc) is 1.82. The van der Waals surface area contributed by atoms with Gasteiger partial charge in [0.15, 0.2) is 0 Å². The summed E-state index contributed by atoms with van der Waals surface area (Å²) in [6.45, 7) is 5.87. The molecule has 2 heteroatoms. The van der Waals surface area contributed by atoms with Gasteiger partial charge in [-0.2, -0.15) is 0 Å². The maximum absolute atomic E-state index is 9.09. The minimum absolute atomic E-state index is 0.196. The molecule has 0 bridgehead atoms. The van der Waals surface area contributed by atoms with Gasteiger partial charge in [-0.3, -0.25) is 0 Å². The van der Waals surface area contributed by atoms with Crippen molar-refractivity contribution in [2.75, 3.05) is 0 Å². The molecule has 0 radical (unpaired) electrons. The predicted octanol–water partition coefficient (Wildman–Crippen LogP) is 1.13. The van der Waals surface area contributed by atoms with Gasteiger partial charge in [0, 0.05) is 6.04 Å². The highest BCUT2D eigenvalue weighted by atomic mass is 16.3. The van der Waals surface area contributed by atoms with Crippen molar-refractivity contribution in [2.24, 2.45) is 11.7 Å². The van der Waals surface area contributed by atoms with Gasteiger partial charge in [-0.25, -0.2) is 0 Å². The van der Waals surface area contributed by atoms with Crippen LogP contribution in [0, 0.1) is 5.92 Å². The Morgan fingerprint density at radius 2 is 1.70 bits per heavy atom. The summed E-state index contributed by atoms with van der Waals surface area (Å²) in [4.78, 5) is 0. The predicted molar refractivity (Wildman–Crippen MR) is 43.7 cm³/mol. The monoisotopic (exact) mass is 145 g/mol. The van der Waals surface area contributed by atoms with E-state index >= 15 is 0 Å². The lowest BCUT2D eigenvalue weighted by molar-refractivity contribution is 0.128. The average molecular weight is 145 g/mol. The molecule has 0 aliphatic carbocycles. The molecule has 0 fully saturated rings. The molecule has 3 N–H and O–H groups in total. The van der Waals surface area contributed by atoms with E-state index < -0.39 is 0 Å². The third-order valence-electron chi connectivity index (χ3n) is 1.90. The number of nitrogens with two attached hydrogens (primary N) is 1. The number of aliphatic hydroxyl groups is 1. The Kier molecular flexibility index (Phi) is 4.65. The van der Waals surface area contributed by atoms with Crippen molar-refractivity contribution >= 4 is 0 Å². The molecular weight excluding hydrogens is 126 g/mol. The first kappa shape index (κ1) is 9.92. The normalized spacial score (nSPS) is 20.1. The number of aliphatic hydroxyl groups excluding tert-OH is 1. The second-order valence-electron chi connectivity index (χ2n) is 3.27. The number of hydrogen-bond acceptors (Lipinski definition) is 2. The Labute approximate surface area is 63.4 Å². The first-order valence-electron chi connectivity index (χ1n) is 3.97. The number of hydrogen-bond donors (Lipinski definition) is 2. The Morgan fingerprint density at radius 3 is 2.00 bits per heavy atom. The van der Waals surface area contributed by atoms with E-state index in [0.717, 1.165) is 12.8 Å². The summed E-state index contributed by atoms with van der Waals surface area (Å²) < 4.78 is 0. The van der Waals surface area contributed by atoms with E-state index in [1.165, 1.54) is 0 Å². The minimum atomic E-state index is -0.196. The molecule has 0 aromatic carbocycles. The summed E-state index contributed by atoms with van der Waals surface area (Å²) >= 11 is 0. The SMILES string of the molecule is CC(N)CCC(C)C(C)O. The fourth-order valence-corrected chi connectivity index (χ4v) is 0.767. The molecule has 0 aromatic rings. The number of rotatable bonds is 4. The minimum Gasteiger partial charge on any atom is -0.393 e. The molecule has 0 rings (SSSR count). The van der Waals surface area contributed by atoms with Crippen LogP contribution in [0.3, 0.4) is 0 Å². The van der Waals surface area contributed by atoms with Crippen LogP contribution < -0.4 is 5.73 Å². The van der Waals surface area contributed by atoms with Gasteiger partial charge in [0.2, 0.25) is 0 Å². The zero-order valence-electron chi connectivity index (χ0n) is 7.17. The molecular formula is C8H19NO. The van der Waals surface area contributed by atoms with E-state index in [-0.39, 0.29) is 12.1 Å². The zero-order chi connectivity index (χ0) is 8.15. The summed E-state index contributed by atoms with van der Waals surface area (Å²) in [5, 5.41) is 9.09. The highest BCUT2D eigenvalue weighted by molar-refractivity contribution is 4.62. The molecule has 0 saturated heterocycles. The molecule has 0 spiro atoms. The second kappa shape index (κ2) is 4.69. The van der Waals surface area contributed by atoms with Crippen LogP contribution in [-0.2, 0) is 0 Å². The van der Waals surface area contributed by atoms with Gasteiger partial charge in [-0.1, -0.05) is 6.92 Å². The molecule has 3 unspecified atom stereocenters. The summed E-state index contributed by atoms with van der Waals surface area (Å²) in [5.74, 6) is 0.381. The van der Waals surface area contributed by atoms with Gasteiger partial charge in [0.25, 0.3) is 0 Å². The highest BCUT2D eigenvalue weighted by Gasteiger charge is 2.08. The van der Waals surface area contributed by atoms with E-state index in [1.807, 2.05) is 20.8 Å². The van der Waals surface area contributed by atoms with Gasteiger partial charge in [0.05, 0.1) is 6.10 Å². The third kappa shape index (κ3) is 4.77. The van der Waals surface area contributed by atoms with E-state index in [9.17, 15) is 0 Å². The summed E-state index contributed by atoms with van der Waals surface area (Å²) in [6.07, 6.45) is 1.83. The maximum atomic E-state index is 9.09. The van der Waals surface area contributed by atoms with Crippen molar-refractivity contribution in [1.82, 2.24) is 0 Å². The van der Waals surface area contributed by atoms with E-state index in [2.05, 4.69) is 0 Å². The van der Waals surface area contributed by atoms with E-state index in [0.29, 0.717) is 5.92 Å². The van der Waals surface area contributed by atoms with Crippen LogP contribution in [0.4, 0.5) is 0 Å². The Balaban J connectivity index is 3.30. The van der Waals surface area contributed by atoms with Gasteiger partial charge in [0.1, 0.15) is 0 Å². The van der Waals surface area contributed by atoms with Gasteiger partial charge in [-0.15, -0.1) is 0 Å². The van der Waals surface area contributed by atoms with Gasteiger partial charge in [-0.05, 0) is 32.6 Å². The highest BCUT2D eigenvalue weighted by Crippen LogP contribution is 2.10. The molecule has 0 saturated carbocycles. The Bertz CT molecular complexity index is 81.3. The summed E-state index contributed by atoms with van der Waals surface area (Å²) in [5.41, 5.74) is 5.56. The van der Waals surface area contributed by atoms with Crippen molar-refractivity contribution < 1.29 is 5.11 Å². The van der Waals surface area contributed by atoms with Crippen LogP contribution in [0.15, 0.2) is 0 Å². The molecule has 0 amide bonds. The van der Waals surface area contributed by atoms with Crippen LogP contribution >= 0.6 is 0 Å². The summed E-state index contributed by atoms with van der Waals surface area (Å²) in [6, 6.07) is 0.265. The molecule has 0 aliphatic heterocycles. The second-order valence-corrected chi connectivity index (χ2v) is 3.27.